The van der Waals surface area contributed by atoms with Gasteiger partial charge in [-0.25, -0.2) is 19.5 Å². The van der Waals surface area contributed by atoms with Crippen LogP contribution in [-0.4, -0.2) is 34.5 Å². The number of amidine groups is 2. The maximum absolute atomic E-state index is 12.3. The van der Waals surface area contributed by atoms with Crippen LogP contribution in [0.2, 0.25) is 0 Å². The molecule has 0 spiro atoms. The molecule has 45 heavy (non-hydrogen) atoms. The van der Waals surface area contributed by atoms with Gasteiger partial charge in [0.2, 0.25) is 0 Å². The van der Waals surface area contributed by atoms with Gasteiger partial charge >= 0.3 is 5.97 Å². The van der Waals surface area contributed by atoms with Gasteiger partial charge in [-0.15, -0.1) is 0 Å². The van der Waals surface area contributed by atoms with Gasteiger partial charge in [0.25, 0.3) is 0 Å². The highest BCUT2D eigenvalue weighted by Crippen LogP contribution is 2.48. The quantitative estimate of drug-likeness (QED) is 0.193. The molecule has 7 rings (SSSR count). The number of aliphatic imine (C=N–C) groups is 2. The largest absolute Gasteiger partial charge is 0.465 e. The van der Waals surface area contributed by atoms with E-state index in [0.29, 0.717) is 17.2 Å². The molecule has 0 radical (unpaired) electrons. The fourth-order valence-electron chi connectivity index (χ4n) is 6.05. The van der Waals surface area contributed by atoms with Crippen LogP contribution in [0.15, 0.2) is 113 Å². The number of aromatic nitrogens is 2. The number of benzene rings is 4. The maximum Gasteiger partial charge on any atom is 0.337 e. The highest BCUT2D eigenvalue weighted by Gasteiger charge is 2.41. The van der Waals surface area contributed by atoms with Gasteiger partial charge in [-0.2, -0.15) is 5.10 Å². The number of unbranched alkanes of at least 4 members (excludes halogenated alkanes) is 1. The lowest BCUT2D eigenvalue weighted by Gasteiger charge is -2.40. The molecule has 5 aromatic rings. The Morgan fingerprint density at radius 1 is 0.889 bits per heavy atom. The van der Waals surface area contributed by atoms with Gasteiger partial charge in [-0.1, -0.05) is 67.9 Å². The number of ether oxygens (including phenoxy) is 1. The molecule has 0 aliphatic carbocycles. The zero-order valence-electron chi connectivity index (χ0n) is 25.6. The van der Waals surface area contributed by atoms with Crippen LogP contribution in [0.1, 0.15) is 58.5 Å². The number of fused-ring (bicyclic) bond motifs is 4. The summed E-state index contributed by atoms with van der Waals surface area (Å²) in [5.74, 6) is 1.71. The van der Waals surface area contributed by atoms with E-state index in [1.165, 1.54) is 25.5 Å². The second kappa shape index (κ2) is 11.9. The fourth-order valence-corrected chi connectivity index (χ4v) is 6.05. The summed E-state index contributed by atoms with van der Waals surface area (Å²) in [7, 11) is 1.39. The van der Waals surface area contributed by atoms with E-state index in [-0.39, 0.29) is 12.0 Å². The Balaban J connectivity index is 1.41. The van der Waals surface area contributed by atoms with E-state index in [2.05, 4.69) is 47.5 Å². The fraction of sp³-hybridized carbons (Fsp3) is 0.189. The Morgan fingerprint density at radius 2 is 1.62 bits per heavy atom. The number of nitrogens with one attached hydrogen (secondary N) is 1. The lowest BCUT2D eigenvalue weighted by molar-refractivity contribution is 0.0600. The molecule has 3 heterocycles. The number of carbonyl (C=O) groups is 1. The molecule has 0 fully saturated rings. The molecule has 2 aliphatic heterocycles. The number of rotatable bonds is 7. The van der Waals surface area contributed by atoms with Crippen LogP contribution in [0.25, 0.3) is 5.69 Å². The molecule has 2 aliphatic rings. The standard InChI is InChI=1S/C37H34N6O2/c1-4-5-11-25-16-22-28(23-17-25)38-34-36-40-35-32(24(2)41-43(35)29-12-7-6-8-13-29)33(26-18-20-27(21-19-26)37(44)45-3)42(36)31-15-10-9-14-30(31)39-34/h6-10,12-23,33H,4-5,11H2,1-3H3,(H,38,39)/t33-/m0/s1. The molecular formula is C37H34N6O2. The number of hydrogen-bond donors (Lipinski definition) is 1. The zero-order chi connectivity index (χ0) is 30.9. The molecule has 8 nitrogen and oxygen atoms in total. The van der Waals surface area contributed by atoms with Crippen LogP contribution in [0.3, 0.4) is 0 Å². The lowest BCUT2D eigenvalue weighted by Crippen LogP contribution is -2.46. The number of para-hydroxylation sites is 3. The van der Waals surface area contributed by atoms with Crippen LogP contribution in [0, 0.1) is 6.92 Å². The van der Waals surface area contributed by atoms with Crippen molar-refractivity contribution in [3.8, 4) is 5.69 Å². The summed E-state index contributed by atoms with van der Waals surface area (Å²) in [6.45, 7) is 4.24. The minimum absolute atomic E-state index is 0.290. The molecule has 0 saturated carbocycles. The highest BCUT2D eigenvalue weighted by molar-refractivity contribution is 6.51. The Bertz CT molecular complexity index is 1920. The zero-order valence-corrected chi connectivity index (χ0v) is 25.6. The van der Waals surface area contributed by atoms with Crippen molar-refractivity contribution in [2.75, 3.05) is 17.3 Å². The van der Waals surface area contributed by atoms with Crippen molar-refractivity contribution >= 4 is 40.5 Å². The average Bonchev–Trinajstić information content (AvgIpc) is 3.43. The third kappa shape index (κ3) is 5.18. The number of aryl methyl sites for hydroxylation is 2. The van der Waals surface area contributed by atoms with Gasteiger partial charge in [-0.3, -0.25) is 0 Å². The van der Waals surface area contributed by atoms with Crippen molar-refractivity contribution in [1.29, 1.82) is 0 Å². The maximum atomic E-state index is 12.3. The number of hydrogen-bond acceptors (Lipinski definition) is 7. The molecule has 1 aromatic heterocycles. The molecule has 224 valence electrons. The number of methoxy groups -OCH3 is 1. The van der Waals surface area contributed by atoms with Gasteiger partial charge in [0, 0.05) is 11.3 Å². The number of anilines is 2. The first-order chi connectivity index (χ1) is 22.1. The summed E-state index contributed by atoms with van der Waals surface area (Å²) in [6, 6.07) is 34.0. The predicted octanol–water partition coefficient (Wildman–Crippen LogP) is 8.11. The van der Waals surface area contributed by atoms with Gasteiger partial charge < -0.3 is 15.0 Å². The smallest absolute Gasteiger partial charge is 0.337 e. The number of esters is 1. The Hall–Kier alpha value is -5.50. The van der Waals surface area contributed by atoms with E-state index in [0.717, 1.165) is 51.8 Å². The number of nitrogens with zero attached hydrogens (tertiary/aromatic N) is 5. The van der Waals surface area contributed by atoms with E-state index in [9.17, 15) is 4.79 Å². The van der Waals surface area contributed by atoms with Crippen molar-refractivity contribution in [3.63, 3.8) is 0 Å². The van der Waals surface area contributed by atoms with Gasteiger partial charge in [0.15, 0.2) is 17.5 Å². The highest BCUT2D eigenvalue weighted by atomic mass is 16.5. The van der Waals surface area contributed by atoms with E-state index in [1.54, 1.807) is 0 Å². The third-order valence-corrected chi connectivity index (χ3v) is 8.32. The van der Waals surface area contributed by atoms with E-state index in [4.69, 9.17) is 19.8 Å². The van der Waals surface area contributed by atoms with Gasteiger partial charge in [0.05, 0.1) is 41.5 Å². The van der Waals surface area contributed by atoms with Crippen LogP contribution in [0.5, 0.6) is 0 Å². The first-order valence-corrected chi connectivity index (χ1v) is 15.3. The molecule has 1 N–H and O–H groups in total. The summed E-state index contributed by atoms with van der Waals surface area (Å²) in [5, 5.41) is 8.59. The van der Waals surface area contributed by atoms with Crippen molar-refractivity contribution in [2.24, 2.45) is 9.98 Å². The van der Waals surface area contributed by atoms with E-state index in [1.807, 2.05) is 84.4 Å². The Labute approximate surface area is 262 Å². The molecule has 8 heteroatoms. The second-order valence-electron chi connectivity index (χ2n) is 11.3. The molecule has 0 saturated heterocycles. The van der Waals surface area contributed by atoms with Crippen molar-refractivity contribution < 1.29 is 9.53 Å². The molecule has 1 atom stereocenters. The minimum atomic E-state index is -0.371. The topological polar surface area (TPSA) is 84.1 Å². The molecule has 0 bridgehead atoms. The number of carbonyl (C=O) groups excluding carboxylic acids is 1. The van der Waals surface area contributed by atoms with E-state index < -0.39 is 0 Å². The SMILES string of the molecule is CCCCc1ccc(NC2=Nc3ccccc3N3C2=Nc2c(c(C)nn2-c2ccccc2)[C@@H]3c2ccc(C(=O)OC)cc2)cc1. The molecule has 0 amide bonds. The van der Waals surface area contributed by atoms with Gasteiger partial charge in [-0.05, 0) is 79.4 Å². The van der Waals surface area contributed by atoms with Crippen molar-refractivity contribution in [3.05, 3.63) is 131 Å². The Kier molecular flexibility index (Phi) is 7.47. The van der Waals surface area contributed by atoms with E-state index >= 15 is 0 Å². The first kappa shape index (κ1) is 28.3. The van der Waals surface area contributed by atoms with Gasteiger partial charge in [0.1, 0.15) is 0 Å². The second-order valence-corrected chi connectivity index (χ2v) is 11.3. The van der Waals surface area contributed by atoms with Crippen LogP contribution >= 0.6 is 0 Å². The van der Waals surface area contributed by atoms with Crippen LogP contribution in [-0.2, 0) is 11.2 Å². The predicted molar refractivity (Wildman–Crippen MR) is 180 cm³/mol. The minimum Gasteiger partial charge on any atom is -0.465 e. The monoisotopic (exact) mass is 594 g/mol. The first-order valence-electron chi connectivity index (χ1n) is 15.3. The normalized spacial score (nSPS) is 14.9. The van der Waals surface area contributed by atoms with Crippen LogP contribution < -0.4 is 10.2 Å². The summed E-state index contributed by atoms with van der Waals surface area (Å²) in [4.78, 5) is 24.9. The summed E-state index contributed by atoms with van der Waals surface area (Å²) in [5.41, 5.74) is 8.30. The Morgan fingerprint density at radius 3 is 2.36 bits per heavy atom. The molecular weight excluding hydrogens is 560 g/mol. The third-order valence-electron chi connectivity index (χ3n) is 8.32. The lowest BCUT2D eigenvalue weighted by atomic mass is 9.92. The van der Waals surface area contributed by atoms with Crippen molar-refractivity contribution in [2.45, 2.75) is 39.2 Å². The summed E-state index contributed by atoms with van der Waals surface area (Å²) < 4.78 is 6.88. The van der Waals surface area contributed by atoms with Crippen LogP contribution in [0.4, 0.5) is 22.9 Å². The summed E-state index contributed by atoms with van der Waals surface area (Å²) in [6.07, 6.45) is 3.40. The molecule has 4 aromatic carbocycles. The van der Waals surface area contributed by atoms with Crippen molar-refractivity contribution in [1.82, 2.24) is 9.78 Å². The average molecular weight is 595 g/mol. The summed E-state index contributed by atoms with van der Waals surface area (Å²) >= 11 is 0. The molecule has 0 unspecified atom stereocenters.